The molecule has 8 heteroatoms. The number of hydrogen-bond acceptors (Lipinski definition) is 7. The summed E-state index contributed by atoms with van der Waals surface area (Å²) in [6.07, 6.45) is 5.11. The molecule has 0 heterocycles. The Hall–Kier alpha value is -3.03. The molecule has 7 nitrogen and oxygen atoms in total. The molecule has 0 aliphatic heterocycles. The fraction of sp³-hybridized carbons (Fsp3) is 0.500. The predicted molar refractivity (Wildman–Crippen MR) is 155 cm³/mol. The van der Waals surface area contributed by atoms with Crippen molar-refractivity contribution in [3.63, 3.8) is 0 Å². The average Bonchev–Trinajstić information content (AvgIpc) is 2.96. The number of halogens is 1. The number of hydrogen-bond donors (Lipinski definition) is 0. The zero-order valence-electron chi connectivity index (χ0n) is 24.0. The predicted octanol–water partition coefficient (Wildman–Crippen LogP) is 7.03. The largest absolute Gasteiger partial charge is 0.497 e. The van der Waals surface area contributed by atoms with E-state index >= 15 is 0 Å². The summed E-state index contributed by atoms with van der Waals surface area (Å²) in [7, 11) is 1.58. The van der Waals surface area contributed by atoms with E-state index in [1.807, 2.05) is 13.8 Å². The van der Waals surface area contributed by atoms with Gasteiger partial charge in [0.25, 0.3) is 0 Å². The number of fused-ring (bicyclic) bond motifs is 1. The Morgan fingerprint density at radius 1 is 0.925 bits per heavy atom. The molecule has 2 aromatic rings. The van der Waals surface area contributed by atoms with Crippen molar-refractivity contribution in [1.82, 2.24) is 0 Å². The van der Waals surface area contributed by atoms with Crippen LogP contribution in [0.25, 0.3) is 5.76 Å². The highest BCUT2D eigenvalue weighted by Gasteiger charge is 2.54. The topological polar surface area (TPSA) is 80.3 Å². The first kappa shape index (κ1) is 31.5. The quantitative estimate of drug-likeness (QED) is 0.114. The van der Waals surface area contributed by atoms with Crippen LogP contribution < -0.4 is 4.74 Å². The van der Waals surface area contributed by atoms with Crippen LogP contribution in [0, 0.1) is 0 Å². The number of esters is 1. The maximum atomic E-state index is 13.4. The molecule has 2 aromatic carbocycles. The SMILES string of the molecule is CCCCCCOC1=C(OCCC)C(OCCC)C(C=O)(OC(=O)Cc2ccc(OC)cc2)c2ccc(Cl)cc21. The molecule has 2 unspecified atom stereocenters. The summed E-state index contributed by atoms with van der Waals surface area (Å²) in [5.41, 5.74) is -0.0750. The first-order valence-corrected chi connectivity index (χ1v) is 14.5. The van der Waals surface area contributed by atoms with Gasteiger partial charge in [-0.15, -0.1) is 0 Å². The molecule has 3 rings (SSSR count). The summed E-state index contributed by atoms with van der Waals surface area (Å²) in [5, 5.41) is 0.456. The van der Waals surface area contributed by atoms with Gasteiger partial charge < -0.3 is 23.7 Å². The summed E-state index contributed by atoms with van der Waals surface area (Å²) in [6, 6.07) is 12.2. The summed E-state index contributed by atoms with van der Waals surface area (Å²) in [6.45, 7) is 7.27. The molecule has 2 atom stereocenters. The van der Waals surface area contributed by atoms with E-state index in [1.54, 1.807) is 49.6 Å². The van der Waals surface area contributed by atoms with E-state index in [4.69, 9.17) is 35.3 Å². The molecule has 0 fully saturated rings. The van der Waals surface area contributed by atoms with E-state index in [9.17, 15) is 9.59 Å². The highest BCUT2D eigenvalue weighted by atomic mass is 35.5. The van der Waals surface area contributed by atoms with Gasteiger partial charge in [-0.1, -0.05) is 69.8 Å². The molecule has 40 heavy (non-hydrogen) atoms. The van der Waals surface area contributed by atoms with Gasteiger partial charge in [-0.2, -0.15) is 0 Å². The van der Waals surface area contributed by atoms with Gasteiger partial charge in [-0.05, 0) is 49.1 Å². The van der Waals surface area contributed by atoms with Crippen molar-refractivity contribution in [3.8, 4) is 5.75 Å². The van der Waals surface area contributed by atoms with Gasteiger partial charge >= 0.3 is 5.97 Å². The molecular formula is C32H41ClO7. The van der Waals surface area contributed by atoms with E-state index in [2.05, 4.69) is 6.92 Å². The minimum atomic E-state index is -1.79. The van der Waals surface area contributed by atoms with Crippen molar-refractivity contribution >= 4 is 29.6 Å². The molecule has 0 saturated heterocycles. The van der Waals surface area contributed by atoms with E-state index in [1.165, 1.54) is 0 Å². The Kier molecular flexibility index (Phi) is 12.3. The Balaban J connectivity index is 2.08. The standard InChI is InChI=1S/C32H41ClO7/c1-5-8-9-10-19-38-29-26-21-24(33)13-16-27(26)32(22-34,31(39-18-7-3)30(29)37-17-6-2)40-28(35)20-23-11-14-25(36-4)15-12-23/h11-16,21-22,31H,5-10,17-20H2,1-4H3. The molecule has 0 aromatic heterocycles. The molecule has 1 aliphatic rings. The Labute approximate surface area is 242 Å². The summed E-state index contributed by atoms with van der Waals surface area (Å²) < 4.78 is 30.2. The van der Waals surface area contributed by atoms with Crippen molar-refractivity contribution in [2.45, 2.75) is 77.4 Å². The highest BCUT2D eigenvalue weighted by molar-refractivity contribution is 6.30. The van der Waals surface area contributed by atoms with Crippen molar-refractivity contribution in [3.05, 3.63) is 69.9 Å². The second kappa shape index (κ2) is 15.7. The van der Waals surface area contributed by atoms with Crippen LogP contribution in [0.3, 0.4) is 0 Å². The average molecular weight is 573 g/mol. The first-order chi connectivity index (χ1) is 19.4. The van der Waals surface area contributed by atoms with Crippen LogP contribution in [0.1, 0.15) is 76.0 Å². The Morgan fingerprint density at radius 3 is 2.33 bits per heavy atom. The van der Waals surface area contributed by atoms with Gasteiger partial charge in [0.05, 0.1) is 26.7 Å². The van der Waals surface area contributed by atoms with Crippen LogP contribution in [-0.2, 0) is 40.6 Å². The van der Waals surface area contributed by atoms with Crippen molar-refractivity contribution in [2.24, 2.45) is 0 Å². The maximum Gasteiger partial charge on any atom is 0.311 e. The van der Waals surface area contributed by atoms with Crippen molar-refractivity contribution in [2.75, 3.05) is 26.9 Å². The van der Waals surface area contributed by atoms with Gasteiger partial charge in [-0.3, -0.25) is 9.59 Å². The molecule has 218 valence electrons. The normalized spacial score (nSPS) is 18.2. The zero-order valence-corrected chi connectivity index (χ0v) is 24.8. The van der Waals surface area contributed by atoms with Crippen LogP contribution >= 0.6 is 11.6 Å². The molecule has 0 radical (unpaired) electrons. The number of ether oxygens (including phenoxy) is 5. The highest BCUT2D eigenvalue weighted by Crippen LogP contribution is 2.46. The molecule has 0 N–H and O–H groups in total. The molecule has 0 saturated carbocycles. The zero-order chi connectivity index (χ0) is 29.0. The number of unbranched alkanes of at least 4 members (excludes halogenated alkanes) is 3. The van der Waals surface area contributed by atoms with Gasteiger partial charge in [0.2, 0.25) is 5.60 Å². The minimum absolute atomic E-state index is 0.0430. The third-order valence-corrected chi connectivity index (χ3v) is 6.89. The molecule has 0 amide bonds. The summed E-state index contributed by atoms with van der Waals surface area (Å²) in [4.78, 5) is 26.5. The molecule has 0 spiro atoms. The lowest BCUT2D eigenvalue weighted by Gasteiger charge is -2.41. The smallest absolute Gasteiger partial charge is 0.311 e. The molecular weight excluding hydrogens is 532 g/mol. The van der Waals surface area contributed by atoms with Crippen LogP contribution in [0.5, 0.6) is 5.75 Å². The number of methoxy groups -OCH3 is 1. The van der Waals surface area contributed by atoms with Crippen LogP contribution in [-0.4, -0.2) is 45.3 Å². The second-order valence-corrected chi connectivity index (χ2v) is 10.2. The fourth-order valence-electron chi connectivity index (χ4n) is 4.67. The first-order valence-electron chi connectivity index (χ1n) is 14.2. The van der Waals surface area contributed by atoms with Crippen LogP contribution in [0.4, 0.5) is 0 Å². The van der Waals surface area contributed by atoms with E-state index < -0.39 is 17.7 Å². The van der Waals surface area contributed by atoms with Crippen molar-refractivity contribution < 1.29 is 33.3 Å². The number of benzene rings is 2. The lowest BCUT2D eigenvalue weighted by molar-refractivity contribution is -0.182. The Morgan fingerprint density at radius 2 is 1.68 bits per heavy atom. The fourth-order valence-corrected chi connectivity index (χ4v) is 4.84. The number of aldehydes is 1. The number of carbonyl (C=O) groups is 2. The third kappa shape index (κ3) is 7.58. The van der Waals surface area contributed by atoms with Gasteiger partial charge in [0.1, 0.15) is 5.75 Å². The molecule has 0 bridgehead atoms. The van der Waals surface area contributed by atoms with Crippen LogP contribution in [0.15, 0.2) is 48.2 Å². The summed E-state index contributed by atoms with van der Waals surface area (Å²) >= 11 is 6.43. The maximum absolute atomic E-state index is 13.4. The molecule has 1 aliphatic carbocycles. The number of carbonyl (C=O) groups excluding carboxylic acids is 2. The third-order valence-electron chi connectivity index (χ3n) is 6.66. The van der Waals surface area contributed by atoms with E-state index in [-0.39, 0.29) is 6.42 Å². The van der Waals surface area contributed by atoms with Crippen LogP contribution in [0.2, 0.25) is 5.02 Å². The monoisotopic (exact) mass is 572 g/mol. The minimum Gasteiger partial charge on any atom is -0.497 e. The second-order valence-electron chi connectivity index (χ2n) is 9.80. The summed E-state index contributed by atoms with van der Waals surface area (Å²) in [5.74, 6) is 0.900. The lowest BCUT2D eigenvalue weighted by atomic mass is 9.79. The van der Waals surface area contributed by atoms with Gasteiger partial charge in [0.15, 0.2) is 23.9 Å². The number of rotatable bonds is 17. The Bertz CT molecular complexity index is 1140. The van der Waals surface area contributed by atoms with Gasteiger partial charge in [-0.25, -0.2) is 0 Å². The van der Waals surface area contributed by atoms with E-state index in [0.29, 0.717) is 65.9 Å². The lowest BCUT2D eigenvalue weighted by Crippen LogP contribution is -2.51. The van der Waals surface area contributed by atoms with Gasteiger partial charge in [0, 0.05) is 22.8 Å². The van der Waals surface area contributed by atoms with Crippen molar-refractivity contribution in [1.29, 1.82) is 0 Å². The van der Waals surface area contributed by atoms with E-state index in [0.717, 1.165) is 37.7 Å².